The lowest BCUT2D eigenvalue weighted by Gasteiger charge is -2.06. The number of carbonyl (C=O) groups excluding carboxylic acids is 1. The second-order valence-corrected chi connectivity index (χ2v) is 3.76. The first-order valence-corrected chi connectivity index (χ1v) is 5.28. The number of nitrogens with zero attached hydrogens (tertiary/aromatic N) is 2. The molecule has 1 heterocycles. The summed E-state index contributed by atoms with van der Waals surface area (Å²) in [6.07, 6.45) is 0. The number of aromatic nitrogens is 2. The molecular formula is C11H13N5O2. The van der Waals surface area contributed by atoms with Gasteiger partial charge in [0.25, 0.3) is 5.91 Å². The molecule has 0 fully saturated rings. The molecule has 1 aromatic carbocycles. The van der Waals surface area contributed by atoms with Gasteiger partial charge in [-0.2, -0.15) is 4.98 Å². The van der Waals surface area contributed by atoms with Crippen molar-refractivity contribution in [3.05, 3.63) is 35.5 Å². The van der Waals surface area contributed by atoms with E-state index in [9.17, 15) is 4.79 Å². The van der Waals surface area contributed by atoms with E-state index in [0.717, 1.165) is 0 Å². The van der Waals surface area contributed by atoms with E-state index >= 15 is 0 Å². The number of nitrogen functional groups attached to an aromatic ring is 2. The monoisotopic (exact) mass is 247 g/mol. The summed E-state index contributed by atoms with van der Waals surface area (Å²) in [6, 6.07) is 4.72. The summed E-state index contributed by atoms with van der Waals surface area (Å²) in [7, 11) is 0. The highest BCUT2D eigenvalue weighted by molar-refractivity contribution is 5.99. The lowest BCUT2D eigenvalue weighted by atomic mass is 10.1. The van der Waals surface area contributed by atoms with Gasteiger partial charge in [-0.1, -0.05) is 5.16 Å². The number of carbonyl (C=O) groups is 1. The van der Waals surface area contributed by atoms with Crippen molar-refractivity contribution >= 4 is 17.3 Å². The third-order valence-corrected chi connectivity index (χ3v) is 2.29. The van der Waals surface area contributed by atoms with Crippen molar-refractivity contribution < 1.29 is 9.32 Å². The molecule has 0 aliphatic heterocycles. The smallest absolute Gasteiger partial charge is 0.253 e. The maximum Gasteiger partial charge on any atom is 0.253 e. The zero-order chi connectivity index (χ0) is 13.1. The standard InChI is InChI=1S/C11H13N5O2/c1-6-15-10(18-16-6)5-14-11(17)8-3-2-7(12)4-9(8)13/h2-4H,5,12-13H2,1H3,(H,14,17). The van der Waals surface area contributed by atoms with Crippen LogP contribution in [0.2, 0.25) is 0 Å². The molecule has 0 aliphatic rings. The van der Waals surface area contributed by atoms with Crippen molar-refractivity contribution in [3.63, 3.8) is 0 Å². The number of amides is 1. The van der Waals surface area contributed by atoms with Crippen molar-refractivity contribution in [3.8, 4) is 0 Å². The van der Waals surface area contributed by atoms with Gasteiger partial charge in [-0.05, 0) is 25.1 Å². The first-order chi connectivity index (χ1) is 8.56. The Hall–Kier alpha value is -2.57. The van der Waals surface area contributed by atoms with Gasteiger partial charge in [-0.15, -0.1) is 0 Å². The Bertz CT molecular complexity index is 579. The minimum Gasteiger partial charge on any atom is -0.399 e. The molecule has 0 bridgehead atoms. The molecule has 5 N–H and O–H groups in total. The quantitative estimate of drug-likeness (QED) is 0.678. The maximum atomic E-state index is 11.8. The van der Waals surface area contributed by atoms with Crippen LogP contribution in [0.4, 0.5) is 11.4 Å². The van der Waals surface area contributed by atoms with Gasteiger partial charge in [0.1, 0.15) is 0 Å². The Morgan fingerprint density at radius 1 is 1.44 bits per heavy atom. The van der Waals surface area contributed by atoms with Crippen LogP contribution in [0.25, 0.3) is 0 Å². The largest absolute Gasteiger partial charge is 0.399 e. The molecule has 0 saturated carbocycles. The second-order valence-electron chi connectivity index (χ2n) is 3.76. The van der Waals surface area contributed by atoms with Crippen LogP contribution in [-0.2, 0) is 6.54 Å². The Kier molecular flexibility index (Phi) is 3.13. The van der Waals surface area contributed by atoms with Gasteiger partial charge in [0.05, 0.1) is 12.1 Å². The van der Waals surface area contributed by atoms with Crippen molar-refractivity contribution in [2.24, 2.45) is 0 Å². The van der Waals surface area contributed by atoms with Gasteiger partial charge in [0.15, 0.2) is 5.82 Å². The van der Waals surface area contributed by atoms with Crippen LogP contribution in [0.15, 0.2) is 22.7 Å². The number of rotatable bonds is 3. The minimum atomic E-state index is -0.316. The molecule has 2 rings (SSSR count). The molecule has 0 unspecified atom stereocenters. The predicted octanol–water partition coefficient (Wildman–Crippen LogP) is 0.472. The van der Waals surface area contributed by atoms with Crippen LogP contribution in [0, 0.1) is 6.92 Å². The summed E-state index contributed by atoms with van der Waals surface area (Å²) >= 11 is 0. The lowest BCUT2D eigenvalue weighted by molar-refractivity contribution is 0.0947. The molecule has 1 amide bonds. The second kappa shape index (κ2) is 4.74. The molecule has 0 spiro atoms. The van der Waals surface area contributed by atoms with Crippen molar-refractivity contribution in [1.29, 1.82) is 0 Å². The average molecular weight is 247 g/mol. The fraction of sp³-hybridized carbons (Fsp3) is 0.182. The predicted molar refractivity (Wildman–Crippen MR) is 65.5 cm³/mol. The molecule has 0 saturated heterocycles. The Morgan fingerprint density at radius 2 is 2.22 bits per heavy atom. The Labute approximate surface area is 103 Å². The number of hydrogen-bond donors (Lipinski definition) is 3. The van der Waals surface area contributed by atoms with Crippen molar-refractivity contribution in [2.45, 2.75) is 13.5 Å². The normalized spacial score (nSPS) is 10.3. The van der Waals surface area contributed by atoms with Crippen LogP contribution in [0.5, 0.6) is 0 Å². The highest BCUT2D eigenvalue weighted by Crippen LogP contribution is 2.15. The lowest BCUT2D eigenvalue weighted by Crippen LogP contribution is -2.24. The molecule has 0 radical (unpaired) electrons. The molecule has 0 aliphatic carbocycles. The number of nitrogens with one attached hydrogen (secondary N) is 1. The molecule has 7 nitrogen and oxygen atoms in total. The van der Waals surface area contributed by atoms with E-state index < -0.39 is 0 Å². The Balaban J connectivity index is 2.03. The molecule has 0 atom stereocenters. The number of hydrogen-bond acceptors (Lipinski definition) is 6. The van der Waals surface area contributed by atoms with Crippen LogP contribution in [0.3, 0.4) is 0 Å². The van der Waals surface area contributed by atoms with E-state index in [-0.39, 0.29) is 12.5 Å². The van der Waals surface area contributed by atoms with Crippen molar-refractivity contribution in [1.82, 2.24) is 15.5 Å². The first-order valence-electron chi connectivity index (χ1n) is 5.28. The SMILES string of the molecule is Cc1noc(CNC(=O)c2ccc(N)cc2N)n1. The minimum absolute atomic E-state index is 0.156. The third kappa shape index (κ3) is 2.57. The molecule has 1 aromatic heterocycles. The summed E-state index contributed by atoms with van der Waals surface area (Å²) in [5.74, 6) is 0.546. The average Bonchev–Trinajstić information content (AvgIpc) is 2.72. The summed E-state index contributed by atoms with van der Waals surface area (Å²) in [5, 5.41) is 6.25. The molecule has 18 heavy (non-hydrogen) atoms. The fourth-order valence-corrected chi connectivity index (χ4v) is 1.45. The third-order valence-electron chi connectivity index (χ3n) is 2.29. The number of anilines is 2. The van der Waals surface area contributed by atoms with E-state index in [0.29, 0.717) is 28.7 Å². The molecule has 2 aromatic rings. The van der Waals surface area contributed by atoms with Gasteiger partial charge >= 0.3 is 0 Å². The van der Waals surface area contributed by atoms with E-state index in [4.69, 9.17) is 16.0 Å². The fourth-order valence-electron chi connectivity index (χ4n) is 1.45. The van der Waals surface area contributed by atoms with Gasteiger partial charge < -0.3 is 21.3 Å². The molecular weight excluding hydrogens is 234 g/mol. The number of benzene rings is 1. The molecule has 94 valence electrons. The van der Waals surface area contributed by atoms with Crippen LogP contribution in [0.1, 0.15) is 22.1 Å². The van der Waals surface area contributed by atoms with Crippen molar-refractivity contribution in [2.75, 3.05) is 11.5 Å². The van der Waals surface area contributed by atoms with E-state index in [1.54, 1.807) is 19.1 Å². The number of nitrogens with two attached hydrogens (primary N) is 2. The summed E-state index contributed by atoms with van der Waals surface area (Å²) < 4.78 is 4.87. The maximum absolute atomic E-state index is 11.8. The summed E-state index contributed by atoms with van der Waals surface area (Å²) in [5.41, 5.74) is 12.5. The summed E-state index contributed by atoms with van der Waals surface area (Å²) in [6.45, 7) is 1.86. The van der Waals surface area contributed by atoms with Gasteiger partial charge in [-0.3, -0.25) is 4.79 Å². The van der Waals surface area contributed by atoms with Crippen LogP contribution in [-0.4, -0.2) is 16.0 Å². The van der Waals surface area contributed by atoms with Crippen LogP contribution >= 0.6 is 0 Å². The van der Waals surface area contributed by atoms with Gasteiger partial charge in [0.2, 0.25) is 5.89 Å². The van der Waals surface area contributed by atoms with Crippen LogP contribution < -0.4 is 16.8 Å². The topological polar surface area (TPSA) is 120 Å². The number of aryl methyl sites for hydroxylation is 1. The van der Waals surface area contributed by atoms with E-state index in [1.165, 1.54) is 6.07 Å². The highest BCUT2D eigenvalue weighted by atomic mass is 16.5. The van der Waals surface area contributed by atoms with E-state index in [2.05, 4.69) is 15.5 Å². The molecule has 7 heteroatoms. The zero-order valence-corrected chi connectivity index (χ0v) is 9.80. The first kappa shape index (κ1) is 11.9. The van der Waals surface area contributed by atoms with E-state index in [1.807, 2.05) is 0 Å². The van der Waals surface area contributed by atoms with Gasteiger partial charge in [0, 0.05) is 11.4 Å². The Morgan fingerprint density at radius 3 is 2.83 bits per heavy atom. The van der Waals surface area contributed by atoms with Gasteiger partial charge in [-0.25, -0.2) is 0 Å². The zero-order valence-electron chi connectivity index (χ0n) is 9.80. The summed E-state index contributed by atoms with van der Waals surface area (Å²) in [4.78, 5) is 15.8. The highest BCUT2D eigenvalue weighted by Gasteiger charge is 2.11.